The lowest BCUT2D eigenvalue weighted by atomic mass is 10.0. The minimum atomic E-state index is -0.280. The van der Waals surface area contributed by atoms with Crippen molar-refractivity contribution < 1.29 is 4.79 Å². The lowest BCUT2D eigenvalue weighted by Gasteiger charge is -2.19. The summed E-state index contributed by atoms with van der Waals surface area (Å²) < 4.78 is 0. The number of hydrogen-bond donors (Lipinski definition) is 3. The van der Waals surface area contributed by atoms with E-state index >= 15 is 0 Å². The molecule has 0 aliphatic heterocycles. The summed E-state index contributed by atoms with van der Waals surface area (Å²) >= 11 is 0. The maximum Gasteiger partial charge on any atom is 0.291 e. The standard InChI is InChI=1S/C11H21N5O/c1-6(2)8(5-12)13-11(17)10-14-9(7(3)4)15-16-10/h6-8H,5,12H2,1-4H3,(H,13,17)(H,14,15,16). The monoisotopic (exact) mass is 239 g/mol. The number of H-pyrrole nitrogens is 1. The molecule has 4 N–H and O–H groups in total. The fraction of sp³-hybridized carbons (Fsp3) is 0.727. The van der Waals surface area contributed by atoms with Gasteiger partial charge in [-0.15, -0.1) is 5.10 Å². The Labute approximate surface area is 101 Å². The Bertz CT molecular complexity index is 372. The number of nitrogens with two attached hydrogens (primary N) is 1. The van der Waals surface area contributed by atoms with Crippen LogP contribution in [0.15, 0.2) is 0 Å². The van der Waals surface area contributed by atoms with E-state index in [-0.39, 0.29) is 29.6 Å². The van der Waals surface area contributed by atoms with Gasteiger partial charge in [0.1, 0.15) is 5.82 Å². The highest BCUT2D eigenvalue weighted by atomic mass is 16.2. The molecule has 1 aromatic rings. The second-order valence-electron chi connectivity index (χ2n) is 4.76. The molecule has 0 saturated heterocycles. The summed E-state index contributed by atoms with van der Waals surface area (Å²) in [6.07, 6.45) is 0. The Kier molecular flexibility index (Phi) is 4.62. The van der Waals surface area contributed by atoms with E-state index in [9.17, 15) is 4.79 Å². The van der Waals surface area contributed by atoms with Crippen LogP contribution in [0.5, 0.6) is 0 Å². The van der Waals surface area contributed by atoms with Crippen LogP contribution in [0, 0.1) is 5.92 Å². The molecule has 1 unspecified atom stereocenters. The molecule has 96 valence electrons. The molecule has 6 nitrogen and oxygen atoms in total. The molecular weight excluding hydrogens is 218 g/mol. The van der Waals surface area contributed by atoms with Gasteiger partial charge in [0.25, 0.3) is 5.91 Å². The number of nitrogens with one attached hydrogen (secondary N) is 2. The van der Waals surface area contributed by atoms with Crippen molar-refractivity contribution in [3.8, 4) is 0 Å². The van der Waals surface area contributed by atoms with Gasteiger partial charge in [0.15, 0.2) is 0 Å². The molecule has 17 heavy (non-hydrogen) atoms. The minimum absolute atomic E-state index is 0.0523. The molecule has 1 amide bonds. The molecule has 0 saturated carbocycles. The molecule has 1 rings (SSSR count). The van der Waals surface area contributed by atoms with Crippen LogP contribution in [0.25, 0.3) is 0 Å². The second kappa shape index (κ2) is 5.77. The van der Waals surface area contributed by atoms with E-state index in [0.717, 1.165) is 0 Å². The number of hydrogen-bond acceptors (Lipinski definition) is 4. The first-order chi connectivity index (χ1) is 7.95. The second-order valence-corrected chi connectivity index (χ2v) is 4.76. The number of amides is 1. The van der Waals surface area contributed by atoms with E-state index in [4.69, 9.17) is 5.73 Å². The summed E-state index contributed by atoms with van der Waals surface area (Å²) in [7, 11) is 0. The average Bonchev–Trinajstić information content (AvgIpc) is 2.74. The average molecular weight is 239 g/mol. The summed E-state index contributed by atoms with van der Waals surface area (Å²) in [5.74, 6) is 1.11. The number of rotatable bonds is 5. The topological polar surface area (TPSA) is 96.7 Å². The predicted molar refractivity (Wildman–Crippen MR) is 65.6 cm³/mol. The summed E-state index contributed by atoms with van der Waals surface area (Å²) in [6.45, 7) is 8.40. The van der Waals surface area contributed by atoms with E-state index in [2.05, 4.69) is 20.5 Å². The summed E-state index contributed by atoms with van der Waals surface area (Å²) in [5, 5.41) is 9.47. The fourth-order valence-corrected chi connectivity index (χ4v) is 1.36. The number of aromatic amines is 1. The quantitative estimate of drug-likeness (QED) is 0.702. The molecule has 0 aromatic carbocycles. The van der Waals surface area contributed by atoms with Gasteiger partial charge < -0.3 is 11.1 Å². The molecule has 1 heterocycles. The maximum atomic E-state index is 11.8. The Balaban J connectivity index is 2.69. The summed E-state index contributed by atoms with van der Waals surface area (Å²) in [5.41, 5.74) is 5.59. The summed E-state index contributed by atoms with van der Waals surface area (Å²) in [6, 6.07) is -0.0523. The zero-order valence-corrected chi connectivity index (χ0v) is 10.8. The van der Waals surface area contributed by atoms with Crippen LogP contribution in [0.2, 0.25) is 0 Å². The van der Waals surface area contributed by atoms with E-state index < -0.39 is 0 Å². The number of carbonyl (C=O) groups excluding carboxylic acids is 1. The SMILES string of the molecule is CC(C)c1nc(C(=O)NC(CN)C(C)C)n[nH]1. The van der Waals surface area contributed by atoms with Gasteiger partial charge in [-0.05, 0) is 5.92 Å². The van der Waals surface area contributed by atoms with Crippen molar-refractivity contribution in [3.05, 3.63) is 11.6 Å². The van der Waals surface area contributed by atoms with Gasteiger partial charge in [-0.3, -0.25) is 9.89 Å². The van der Waals surface area contributed by atoms with Gasteiger partial charge in [-0.1, -0.05) is 27.7 Å². The van der Waals surface area contributed by atoms with Gasteiger partial charge in [0.05, 0.1) is 0 Å². The first-order valence-corrected chi connectivity index (χ1v) is 5.89. The number of carbonyl (C=O) groups is 1. The zero-order valence-electron chi connectivity index (χ0n) is 10.8. The molecule has 1 atom stereocenters. The third kappa shape index (κ3) is 3.52. The molecule has 0 aliphatic carbocycles. The smallest absolute Gasteiger partial charge is 0.291 e. The first-order valence-electron chi connectivity index (χ1n) is 5.89. The van der Waals surface area contributed by atoms with Crippen molar-refractivity contribution in [1.82, 2.24) is 20.5 Å². The third-order valence-electron chi connectivity index (χ3n) is 2.63. The van der Waals surface area contributed by atoms with Crippen molar-refractivity contribution in [2.75, 3.05) is 6.54 Å². The Hall–Kier alpha value is -1.43. The lowest BCUT2D eigenvalue weighted by Crippen LogP contribution is -2.44. The predicted octanol–water partition coefficient (Wildman–Crippen LogP) is 0.641. The van der Waals surface area contributed by atoms with Crippen molar-refractivity contribution >= 4 is 5.91 Å². The molecule has 0 radical (unpaired) electrons. The van der Waals surface area contributed by atoms with Gasteiger partial charge in [-0.25, -0.2) is 4.98 Å². The molecular formula is C11H21N5O. The molecule has 1 aromatic heterocycles. The zero-order chi connectivity index (χ0) is 13.0. The van der Waals surface area contributed by atoms with E-state index in [1.807, 2.05) is 27.7 Å². The molecule has 0 fully saturated rings. The highest BCUT2D eigenvalue weighted by Crippen LogP contribution is 2.08. The Morgan fingerprint density at radius 2 is 2.06 bits per heavy atom. The molecule has 0 aliphatic rings. The highest BCUT2D eigenvalue weighted by molar-refractivity contribution is 5.90. The van der Waals surface area contributed by atoms with Crippen molar-refractivity contribution in [1.29, 1.82) is 0 Å². The molecule has 6 heteroatoms. The van der Waals surface area contributed by atoms with Crippen LogP contribution in [-0.4, -0.2) is 33.7 Å². The lowest BCUT2D eigenvalue weighted by molar-refractivity contribution is 0.0917. The van der Waals surface area contributed by atoms with Crippen LogP contribution in [-0.2, 0) is 0 Å². The van der Waals surface area contributed by atoms with Crippen LogP contribution in [0.3, 0.4) is 0 Å². The van der Waals surface area contributed by atoms with Gasteiger partial charge in [-0.2, -0.15) is 0 Å². The van der Waals surface area contributed by atoms with Gasteiger partial charge in [0.2, 0.25) is 5.82 Å². The van der Waals surface area contributed by atoms with E-state index in [1.165, 1.54) is 0 Å². The number of nitrogens with zero attached hydrogens (tertiary/aromatic N) is 2. The Morgan fingerprint density at radius 1 is 1.41 bits per heavy atom. The fourth-order valence-electron chi connectivity index (χ4n) is 1.36. The molecule has 0 bridgehead atoms. The van der Waals surface area contributed by atoms with E-state index in [0.29, 0.717) is 12.4 Å². The van der Waals surface area contributed by atoms with Crippen molar-refractivity contribution in [3.63, 3.8) is 0 Å². The first kappa shape index (κ1) is 13.6. The third-order valence-corrected chi connectivity index (χ3v) is 2.63. The van der Waals surface area contributed by atoms with E-state index in [1.54, 1.807) is 0 Å². The Morgan fingerprint density at radius 3 is 2.47 bits per heavy atom. The van der Waals surface area contributed by atoms with Crippen molar-refractivity contribution in [2.45, 2.75) is 39.7 Å². The molecule has 0 spiro atoms. The van der Waals surface area contributed by atoms with Crippen LogP contribution in [0.4, 0.5) is 0 Å². The normalized spacial score (nSPS) is 13.1. The van der Waals surface area contributed by atoms with Gasteiger partial charge >= 0.3 is 0 Å². The minimum Gasteiger partial charge on any atom is -0.345 e. The number of aromatic nitrogens is 3. The van der Waals surface area contributed by atoms with Crippen LogP contribution in [0.1, 0.15) is 50.1 Å². The highest BCUT2D eigenvalue weighted by Gasteiger charge is 2.19. The largest absolute Gasteiger partial charge is 0.345 e. The van der Waals surface area contributed by atoms with Crippen LogP contribution >= 0.6 is 0 Å². The van der Waals surface area contributed by atoms with Gasteiger partial charge in [0, 0.05) is 18.5 Å². The maximum absolute atomic E-state index is 11.8. The van der Waals surface area contributed by atoms with Crippen molar-refractivity contribution in [2.24, 2.45) is 11.7 Å². The van der Waals surface area contributed by atoms with Crippen LogP contribution < -0.4 is 11.1 Å². The summed E-state index contributed by atoms with van der Waals surface area (Å²) in [4.78, 5) is 16.0.